The highest BCUT2D eigenvalue weighted by Gasteiger charge is 2.09. The van der Waals surface area contributed by atoms with Crippen LogP contribution in [0.3, 0.4) is 0 Å². The fourth-order valence-electron chi connectivity index (χ4n) is 2.73. The topological polar surface area (TPSA) is 54.9 Å². The molecule has 1 heterocycles. The lowest BCUT2D eigenvalue weighted by Gasteiger charge is -2.19. The van der Waals surface area contributed by atoms with Crippen molar-refractivity contribution in [3.05, 3.63) is 41.5 Å². The summed E-state index contributed by atoms with van der Waals surface area (Å²) in [4.78, 5) is 4.33. The van der Waals surface area contributed by atoms with E-state index in [-0.39, 0.29) is 30.0 Å². The van der Waals surface area contributed by atoms with Crippen molar-refractivity contribution < 1.29 is 9.47 Å². The van der Waals surface area contributed by atoms with Crippen molar-refractivity contribution >= 4 is 29.9 Å². The van der Waals surface area contributed by atoms with E-state index >= 15 is 0 Å². The Morgan fingerprint density at radius 2 is 1.96 bits per heavy atom. The van der Waals surface area contributed by atoms with Crippen molar-refractivity contribution in [3.8, 4) is 5.75 Å². The molecule has 1 aliphatic rings. The summed E-state index contributed by atoms with van der Waals surface area (Å²) in [7, 11) is 1.80. The number of nitrogens with one attached hydrogen (secondary N) is 2. The van der Waals surface area contributed by atoms with Crippen molar-refractivity contribution in [2.24, 2.45) is 10.9 Å². The molecule has 1 atom stereocenters. The molecule has 0 aliphatic carbocycles. The molecule has 0 saturated carbocycles. The largest absolute Gasteiger partial charge is 0.493 e. The molecule has 152 valence electrons. The monoisotopic (exact) mass is 487 g/mol. The zero-order chi connectivity index (χ0) is 18.8. The maximum Gasteiger partial charge on any atom is 0.191 e. The molecule has 1 aliphatic heterocycles. The maximum atomic E-state index is 5.74. The molecule has 0 radical (unpaired) electrons. The van der Waals surface area contributed by atoms with Crippen LogP contribution < -0.4 is 15.4 Å². The predicted molar refractivity (Wildman–Crippen MR) is 123 cm³/mol. The minimum atomic E-state index is 0. The first kappa shape index (κ1) is 23.8. The molecule has 1 aromatic carbocycles. The fraction of sp³-hybridized carbons (Fsp3) is 0.571. The molecule has 0 aromatic heterocycles. The Balaban J connectivity index is 0.00000364. The Morgan fingerprint density at radius 3 is 2.56 bits per heavy atom. The van der Waals surface area contributed by atoms with Crippen LogP contribution in [-0.4, -0.2) is 39.4 Å². The van der Waals surface area contributed by atoms with Gasteiger partial charge in [-0.15, -0.1) is 24.0 Å². The van der Waals surface area contributed by atoms with Crippen LogP contribution >= 0.6 is 24.0 Å². The standard InChI is InChI=1S/C21H33N3O2.HI/c1-16(2)15-26-20-7-5-19(6-8-20)17(3)24-21(22-4)23-12-9-18-10-13-25-14-11-18;/h5-8,10,16-17H,9,11-15H2,1-4H3,(H2,22,23,24);1H. The van der Waals surface area contributed by atoms with E-state index in [1.165, 1.54) is 11.1 Å². The average molecular weight is 487 g/mol. The van der Waals surface area contributed by atoms with Gasteiger partial charge in [0.25, 0.3) is 0 Å². The van der Waals surface area contributed by atoms with Gasteiger partial charge in [-0.1, -0.05) is 37.6 Å². The van der Waals surface area contributed by atoms with Crippen LogP contribution in [0, 0.1) is 5.92 Å². The molecule has 0 bridgehead atoms. The number of rotatable bonds is 8. The Labute approximate surface area is 181 Å². The van der Waals surface area contributed by atoms with Crippen molar-refractivity contribution in [2.75, 3.05) is 33.4 Å². The average Bonchev–Trinajstić information content (AvgIpc) is 2.66. The Morgan fingerprint density at radius 1 is 1.22 bits per heavy atom. The predicted octanol–water partition coefficient (Wildman–Crippen LogP) is 4.30. The van der Waals surface area contributed by atoms with Crippen LogP contribution in [0.15, 0.2) is 40.9 Å². The third kappa shape index (κ3) is 8.97. The highest BCUT2D eigenvalue weighted by molar-refractivity contribution is 14.0. The molecule has 2 rings (SSSR count). The SMILES string of the molecule is CN=C(NCCC1=CCOCC1)NC(C)c1ccc(OCC(C)C)cc1.I. The van der Waals surface area contributed by atoms with Gasteiger partial charge in [-0.05, 0) is 43.4 Å². The minimum Gasteiger partial charge on any atom is -0.493 e. The van der Waals surface area contributed by atoms with Crippen LogP contribution in [0.1, 0.15) is 45.2 Å². The molecule has 2 N–H and O–H groups in total. The fourth-order valence-corrected chi connectivity index (χ4v) is 2.73. The normalized spacial score (nSPS) is 15.6. The second-order valence-electron chi connectivity index (χ2n) is 7.08. The number of hydrogen-bond acceptors (Lipinski definition) is 3. The third-order valence-electron chi connectivity index (χ3n) is 4.34. The highest BCUT2D eigenvalue weighted by atomic mass is 127. The van der Waals surface area contributed by atoms with E-state index in [2.05, 4.69) is 54.6 Å². The summed E-state index contributed by atoms with van der Waals surface area (Å²) in [6.07, 6.45) is 4.25. The number of benzene rings is 1. The molecule has 0 amide bonds. The first-order chi connectivity index (χ1) is 12.6. The quantitative estimate of drug-likeness (QED) is 0.249. The van der Waals surface area contributed by atoms with Crippen LogP contribution in [0.2, 0.25) is 0 Å². The van der Waals surface area contributed by atoms with E-state index in [1.54, 1.807) is 7.05 Å². The van der Waals surface area contributed by atoms with Gasteiger partial charge in [0, 0.05) is 13.6 Å². The van der Waals surface area contributed by atoms with Gasteiger partial charge in [-0.2, -0.15) is 0 Å². The minimum absolute atomic E-state index is 0. The van der Waals surface area contributed by atoms with Gasteiger partial charge in [-0.25, -0.2) is 0 Å². The molecule has 1 unspecified atom stereocenters. The zero-order valence-corrected chi connectivity index (χ0v) is 19.3. The lowest BCUT2D eigenvalue weighted by molar-refractivity contribution is 0.153. The number of aliphatic imine (C=N–C) groups is 1. The summed E-state index contributed by atoms with van der Waals surface area (Å²) < 4.78 is 11.1. The molecular weight excluding hydrogens is 453 g/mol. The Hall–Kier alpha value is -1.28. The van der Waals surface area contributed by atoms with Gasteiger partial charge in [-0.3, -0.25) is 4.99 Å². The first-order valence-electron chi connectivity index (χ1n) is 9.54. The highest BCUT2D eigenvalue weighted by Crippen LogP contribution is 2.18. The molecular formula is C21H34IN3O2. The molecule has 27 heavy (non-hydrogen) atoms. The van der Waals surface area contributed by atoms with Crippen molar-refractivity contribution in [3.63, 3.8) is 0 Å². The molecule has 1 aromatic rings. The molecule has 0 spiro atoms. The van der Waals surface area contributed by atoms with Gasteiger partial charge < -0.3 is 20.1 Å². The van der Waals surface area contributed by atoms with Crippen molar-refractivity contribution in [2.45, 2.75) is 39.7 Å². The van der Waals surface area contributed by atoms with Gasteiger partial charge in [0.1, 0.15) is 5.75 Å². The van der Waals surface area contributed by atoms with E-state index in [9.17, 15) is 0 Å². The Bertz CT molecular complexity index is 600. The van der Waals surface area contributed by atoms with Crippen molar-refractivity contribution in [1.29, 1.82) is 0 Å². The number of hydrogen-bond donors (Lipinski definition) is 2. The smallest absolute Gasteiger partial charge is 0.191 e. The molecule has 0 saturated heterocycles. The van der Waals surface area contributed by atoms with Crippen LogP contribution in [0.25, 0.3) is 0 Å². The van der Waals surface area contributed by atoms with Gasteiger partial charge >= 0.3 is 0 Å². The summed E-state index contributed by atoms with van der Waals surface area (Å²) in [5, 5.41) is 6.84. The summed E-state index contributed by atoms with van der Waals surface area (Å²) in [5.74, 6) is 2.27. The van der Waals surface area contributed by atoms with Crippen LogP contribution in [-0.2, 0) is 4.74 Å². The molecule has 0 fully saturated rings. The maximum absolute atomic E-state index is 5.74. The summed E-state index contributed by atoms with van der Waals surface area (Å²) in [6, 6.07) is 8.44. The number of halogens is 1. The first-order valence-corrected chi connectivity index (χ1v) is 9.54. The lowest BCUT2D eigenvalue weighted by Crippen LogP contribution is -2.39. The Kier molecular flexibility index (Phi) is 11.4. The second-order valence-corrected chi connectivity index (χ2v) is 7.08. The van der Waals surface area contributed by atoms with E-state index in [0.29, 0.717) is 5.92 Å². The number of ether oxygens (including phenoxy) is 2. The number of guanidine groups is 1. The summed E-state index contributed by atoms with van der Waals surface area (Å²) >= 11 is 0. The summed E-state index contributed by atoms with van der Waals surface area (Å²) in [6.45, 7) is 9.64. The molecule has 5 nitrogen and oxygen atoms in total. The van der Waals surface area contributed by atoms with E-state index in [1.807, 2.05) is 12.1 Å². The zero-order valence-electron chi connectivity index (χ0n) is 17.0. The summed E-state index contributed by atoms with van der Waals surface area (Å²) in [5.41, 5.74) is 2.67. The van der Waals surface area contributed by atoms with Crippen LogP contribution in [0.4, 0.5) is 0 Å². The second kappa shape index (κ2) is 13.0. The third-order valence-corrected chi connectivity index (χ3v) is 4.34. The van der Waals surface area contributed by atoms with E-state index in [4.69, 9.17) is 9.47 Å². The number of nitrogens with zero attached hydrogens (tertiary/aromatic N) is 1. The van der Waals surface area contributed by atoms with Crippen LogP contribution in [0.5, 0.6) is 5.75 Å². The molecule has 6 heteroatoms. The van der Waals surface area contributed by atoms with Crippen molar-refractivity contribution in [1.82, 2.24) is 10.6 Å². The van der Waals surface area contributed by atoms with Gasteiger partial charge in [0.2, 0.25) is 0 Å². The van der Waals surface area contributed by atoms with Gasteiger partial charge in [0.05, 0.1) is 25.9 Å². The van der Waals surface area contributed by atoms with E-state index in [0.717, 1.165) is 50.9 Å². The van der Waals surface area contributed by atoms with E-state index < -0.39 is 0 Å². The lowest BCUT2D eigenvalue weighted by atomic mass is 10.1. The van der Waals surface area contributed by atoms with Gasteiger partial charge in [0.15, 0.2) is 5.96 Å².